The molecule has 1 fully saturated rings. The minimum Gasteiger partial charge on any atom is -0.392 e. The summed E-state index contributed by atoms with van der Waals surface area (Å²) in [4.78, 5) is 13.0. The van der Waals surface area contributed by atoms with Gasteiger partial charge in [-0.15, -0.1) is 0 Å². The predicted molar refractivity (Wildman–Crippen MR) is 110 cm³/mol. The molecule has 1 saturated carbocycles. The Kier molecular flexibility index (Phi) is 6.68. The Morgan fingerprint density at radius 1 is 1.00 bits per heavy atom. The van der Waals surface area contributed by atoms with Crippen molar-refractivity contribution in [1.82, 2.24) is 5.32 Å². The zero-order valence-corrected chi connectivity index (χ0v) is 16.3. The summed E-state index contributed by atoms with van der Waals surface area (Å²) in [5.74, 6) is 0.0981. The number of hydrogen-bond donors (Lipinski definition) is 2. The molecule has 2 aromatic carbocycles. The Morgan fingerprint density at radius 2 is 1.63 bits per heavy atom. The third kappa shape index (κ3) is 4.78. The molecule has 0 heterocycles. The first-order chi connectivity index (χ1) is 13.1. The van der Waals surface area contributed by atoms with Crippen LogP contribution >= 0.6 is 0 Å². The topological polar surface area (TPSA) is 49.3 Å². The van der Waals surface area contributed by atoms with Crippen molar-refractivity contribution in [1.29, 1.82) is 0 Å². The molecular weight excluding hydrogens is 334 g/mol. The second-order valence-corrected chi connectivity index (χ2v) is 7.95. The number of carbonyl (C=O) groups is 1. The number of benzene rings is 2. The van der Waals surface area contributed by atoms with Crippen LogP contribution in [0.3, 0.4) is 0 Å². The summed E-state index contributed by atoms with van der Waals surface area (Å²) >= 11 is 0. The van der Waals surface area contributed by atoms with E-state index < -0.39 is 5.41 Å². The lowest BCUT2D eigenvalue weighted by Crippen LogP contribution is -2.39. The molecule has 3 nitrogen and oxygen atoms in total. The lowest BCUT2D eigenvalue weighted by molar-refractivity contribution is -0.122. The number of hydrogen-bond acceptors (Lipinski definition) is 2. The molecule has 2 N–H and O–H groups in total. The van der Waals surface area contributed by atoms with E-state index in [4.69, 9.17) is 0 Å². The van der Waals surface area contributed by atoms with Crippen LogP contribution in [0.2, 0.25) is 0 Å². The standard InChI is InChI=1S/C24H31NO2/c1-24(20-12-5-4-6-13-20,22-16-10-9-11-19(22)18-26)17-23(27)25-21-14-7-2-3-8-15-21/h4-6,9-13,16,21,26H,2-3,7-8,14-15,17-18H2,1H3,(H,25,27). The highest BCUT2D eigenvalue weighted by Gasteiger charge is 2.33. The van der Waals surface area contributed by atoms with Gasteiger partial charge >= 0.3 is 0 Å². The van der Waals surface area contributed by atoms with Gasteiger partial charge in [-0.2, -0.15) is 0 Å². The molecule has 0 saturated heterocycles. The maximum Gasteiger partial charge on any atom is 0.221 e. The summed E-state index contributed by atoms with van der Waals surface area (Å²) in [6.07, 6.45) is 7.50. The molecule has 144 valence electrons. The Morgan fingerprint density at radius 3 is 2.30 bits per heavy atom. The van der Waals surface area contributed by atoms with E-state index in [-0.39, 0.29) is 12.5 Å². The van der Waals surface area contributed by atoms with Gasteiger partial charge in [0.05, 0.1) is 6.61 Å². The smallest absolute Gasteiger partial charge is 0.221 e. The molecule has 0 bridgehead atoms. The van der Waals surface area contributed by atoms with Gasteiger partial charge in [0, 0.05) is 17.9 Å². The molecule has 0 aliphatic heterocycles. The molecule has 1 aliphatic rings. The van der Waals surface area contributed by atoms with Crippen molar-refractivity contribution >= 4 is 5.91 Å². The lowest BCUT2D eigenvalue weighted by Gasteiger charge is -2.33. The molecule has 2 aromatic rings. The Balaban J connectivity index is 1.87. The minimum absolute atomic E-state index is 0.0250. The maximum atomic E-state index is 13.0. The zero-order chi connectivity index (χ0) is 19.1. The summed E-state index contributed by atoms with van der Waals surface area (Å²) in [5.41, 5.74) is 2.53. The van der Waals surface area contributed by atoms with E-state index in [1.54, 1.807) is 0 Å². The van der Waals surface area contributed by atoms with Gasteiger partial charge in [-0.05, 0) is 29.5 Å². The summed E-state index contributed by atoms with van der Waals surface area (Å²) in [5, 5.41) is 13.1. The number of rotatable bonds is 6. The predicted octanol–water partition coefficient (Wildman–Crippen LogP) is 4.71. The van der Waals surface area contributed by atoms with Gasteiger partial charge in [0.25, 0.3) is 0 Å². The first kappa shape index (κ1) is 19.6. The lowest BCUT2D eigenvalue weighted by atomic mass is 9.72. The van der Waals surface area contributed by atoms with Gasteiger partial charge in [0.15, 0.2) is 0 Å². The number of nitrogens with one attached hydrogen (secondary N) is 1. The van der Waals surface area contributed by atoms with Gasteiger partial charge in [-0.25, -0.2) is 0 Å². The Bertz CT molecular complexity index is 735. The number of carbonyl (C=O) groups excluding carboxylic acids is 1. The van der Waals surface area contributed by atoms with Crippen molar-refractivity contribution in [2.75, 3.05) is 0 Å². The van der Waals surface area contributed by atoms with Crippen molar-refractivity contribution in [3.63, 3.8) is 0 Å². The SMILES string of the molecule is CC(CC(=O)NC1CCCCCC1)(c1ccccc1)c1ccccc1CO. The third-order valence-corrected chi connectivity index (χ3v) is 5.93. The van der Waals surface area contributed by atoms with Gasteiger partial charge < -0.3 is 10.4 Å². The van der Waals surface area contributed by atoms with Gasteiger partial charge in [-0.3, -0.25) is 4.79 Å². The summed E-state index contributed by atoms with van der Waals surface area (Å²) in [6.45, 7) is 2.09. The van der Waals surface area contributed by atoms with Gasteiger partial charge in [0.2, 0.25) is 5.91 Å². The van der Waals surface area contributed by atoms with Crippen molar-refractivity contribution in [2.45, 2.75) is 69.9 Å². The highest BCUT2D eigenvalue weighted by Crippen LogP contribution is 2.37. The minimum atomic E-state index is -0.477. The Hall–Kier alpha value is -2.13. The molecule has 0 radical (unpaired) electrons. The van der Waals surface area contributed by atoms with E-state index in [0.29, 0.717) is 12.5 Å². The molecule has 3 rings (SSSR count). The van der Waals surface area contributed by atoms with E-state index in [0.717, 1.165) is 29.5 Å². The van der Waals surface area contributed by atoms with Crippen molar-refractivity contribution in [3.8, 4) is 0 Å². The zero-order valence-electron chi connectivity index (χ0n) is 16.3. The normalized spacial score (nSPS) is 17.7. The summed E-state index contributed by atoms with van der Waals surface area (Å²) in [6, 6.07) is 18.4. The highest BCUT2D eigenvalue weighted by atomic mass is 16.3. The van der Waals surface area contributed by atoms with Crippen LogP contribution in [0.25, 0.3) is 0 Å². The molecule has 0 spiro atoms. The van der Waals surface area contributed by atoms with E-state index in [2.05, 4.69) is 24.4 Å². The fourth-order valence-electron chi connectivity index (χ4n) is 4.38. The molecule has 1 unspecified atom stereocenters. The maximum absolute atomic E-state index is 13.0. The molecule has 0 aromatic heterocycles. The van der Waals surface area contributed by atoms with Crippen LogP contribution in [0.4, 0.5) is 0 Å². The fraction of sp³-hybridized carbons (Fsp3) is 0.458. The van der Waals surface area contributed by atoms with Crippen molar-refractivity contribution in [3.05, 3.63) is 71.3 Å². The molecule has 1 amide bonds. The van der Waals surface area contributed by atoms with Crippen LogP contribution in [0.15, 0.2) is 54.6 Å². The molecular formula is C24H31NO2. The van der Waals surface area contributed by atoms with Gasteiger partial charge in [0.1, 0.15) is 0 Å². The van der Waals surface area contributed by atoms with Crippen LogP contribution in [-0.2, 0) is 16.8 Å². The second-order valence-electron chi connectivity index (χ2n) is 7.95. The van der Waals surface area contributed by atoms with E-state index in [9.17, 15) is 9.90 Å². The number of aliphatic hydroxyl groups excluding tert-OH is 1. The monoisotopic (exact) mass is 365 g/mol. The van der Waals surface area contributed by atoms with Gasteiger partial charge in [-0.1, -0.05) is 87.2 Å². The van der Waals surface area contributed by atoms with Crippen LogP contribution in [-0.4, -0.2) is 17.1 Å². The van der Waals surface area contributed by atoms with Crippen LogP contribution in [0.5, 0.6) is 0 Å². The van der Waals surface area contributed by atoms with Crippen LogP contribution in [0, 0.1) is 0 Å². The van der Waals surface area contributed by atoms with E-state index in [1.165, 1.54) is 25.7 Å². The molecule has 1 aliphatic carbocycles. The van der Waals surface area contributed by atoms with E-state index >= 15 is 0 Å². The molecule has 1 atom stereocenters. The largest absolute Gasteiger partial charge is 0.392 e. The number of aliphatic hydroxyl groups is 1. The molecule has 3 heteroatoms. The summed E-state index contributed by atoms with van der Waals surface area (Å²) in [7, 11) is 0. The summed E-state index contributed by atoms with van der Waals surface area (Å²) < 4.78 is 0. The highest BCUT2D eigenvalue weighted by molar-refractivity contribution is 5.79. The van der Waals surface area contributed by atoms with Crippen molar-refractivity contribution < 1.29 is 9.90 Å². The second kappa shape index (κ2) is 9.18. The first-order valence-corrected chi connectivity index (χ1v) is 10.2. The average Bonchev–Trinajstić information content (AvgIpc) is 2.97. The molecule has 27 heavy (non-hydrogen) atoms. The third-order valence-electron chi connectivity index (χ3n) is 5.93. The number of amides is 1. The van der Waals surface area contributed by atoms with Crippen molar-refractivity contribution in [2.24, 2.45) is 0 Å². The van der Waals surface area contributed by atoms with E-state index in [1.807, 2.05) is 42.5 Å². The fourth-order valence-corrected chi connectivity index (χ4v) is 4.38. The van der Waals surface area contributed by atoms with Crippen LogP contribution < -0.4 is 5.32 Å². The average molecular weight is 366 g/mol. The quantitative estimate of drug-likeness (QED) is 0.728. The van der Waals surface area contributed by atoms with Crippen LogP contribution in [0.1, 0.15) is 68.6 Å². The first-order valence-electron chi connectivity index (χ1n) is 10.2. The Labute approximate surface area is 162 Å².